The quantitative estimate of drug-likeness (QED) is 0.614. The highest BCUT2D eigenvalue weighted by Crippen LogP contribution is 2.40. The first-order valence-electron chi connectivity index (χ1n) is 10.8. The molecule has 0 spiro atoms. The van der Waals surface area contributed by atoms with E-state index in [2.05, 4.69) is 26.8 Å². The van der Waals surface area contributed by atoms with Crippen molar-refractivity contribution in [2.24, 2.45) is 0 Å². The number of imidazole rings is 1. The van der Waals surface area contributed by atoms with Crippen molar-refractivity contribution in [1.29, 1.82) is 0 Å². The smallest absolute Gasteiger partial charge is 0.379 e. The van der Waals surface area contributed by atoms with Crippen LogP contribution in [0, 0.1) is 6.92 Å². The summed E-state index contributed by atoms with van der Waals surface area (Å²) in [5.74, 6) is 1.52. The second-order valence-corrected chi connectivity index (χ2v) is 8.42. The number of fused-ring (bicyclic) bond motifs is 1. The number of nitrogens with zero attached hydrogens (tertiary/aromatic N) is 6. The number of alkyl halides is 3. The van der Waals surface area contributed by atoms with Crippen LogP contribution in [0.15, 0.2) is 24.3 Å². The first-order chi connectivity index (χ1) is 15.3. The monoisotopic (exact) mass is 446 g/mol. The van der Waals surface area contributed by atoms with Gasteiger partial charge in [0.15, 0.2) is 17.0 Å². The number of hydrogen-bond acceptors (Lipinski definition) is 6. The van der Waals surface area contributed by atoms with Crippen LogP contribution in [0.5, 0.6) is 0 Å². The summed E-state index contributed by atoms with van der Waals surface area (Å²) in [6.07, 6.45) is -3.80. The molecule has 0 aliphatic carbocycles. The van der Waals surface area contributed by atoms with Crippen LogP contribution >= 0.6 is 0 Å². The number of benzene rings is 1. The van der Waals surface area contributed by atoms with Crippen molar-refractivity contribution in [3.05, 3.63) is 35.7 Å². The van der Waals surface area contributed by atoms with Gasteiger partial charge in [-0.15, -0.1) is 0 Å². The minimum Gasteiger partial charge on any atom is -0.379 e. The van der Waals surface area contributed by atoms with Crippen LogP contribution in [-0.4, -0.2) is 70.9 Å². The zero-order chi connectivity index (χ0) is 22.5. The molecule has 0 N–H and O–H groups in total. The normalized spacial score (nSPS) is 20.4. The summed E-state index contributed by atoms with van der Waals surface area (Å²) in [4.78, 5) is 18.5. The van der Waals surface area contributed by atoms with Crippen LogP contribution < -0.4 is 4.90 Å². The Kier molecular flexibility index (Phi) is 5.29. The SMILES string of the molecule is Cc1nc(N2CCN(C)CC2)c2nc(-c3ccccc3C(F)(F)F)n(C3CCOC3)c2n1. The van der Waals surface area contributed by atoms with Crippen LogP contribution in [-0.2, 0) is 10.9 Å². The van der Waals surface area contributed by atoms with Crippen LogP contribution in [0.1, 0.15) is 23.9 Å². The third-order valence-corrected chi connectivity index (χ3v) is 6.18. The van der Waals surface area contributed by atoms with E-state index in [0.717, 1.165) is 32.2 Å². The standard InChI is InChI=1S/C22H25F3N6O/c1-14-26-20(30-10-8-29(2)9-11-30)18-21(27-14)31(15-7-12-32-13-15)19(28-18)16-5-3-4-6-17(16)22(23,24)25/h3-6,15H,7-13H2,1-2H3. The molecule has 7 nitrogen and oxygen atoms in total. The summed E-state index contributed by atoms with van der Waals surface area (Å²) in [6, 6.07) is 5.45. The molecule has 2 fully saturated rings. The van der Waals surface area contributed by atoms with Gasteiger partial charge in [0.2, 0.25) is 0 Å². The van der Waals surface area contributed by atoms with Crippen molar-refractivity contribution in [1.82, 2.24) is 24.4 Å². The lowest BCUT2D eigenvalue weighted by molar-refractivity contribution is -0.137. The van der Waals surface area contributed by atoms with Crippen LogP contribution in [0.3, 0.4) is 0 Å². The van der Waals surface area contributed by atoms with Gasteiger partial charge in [-0.1, -0.05) is 18.2 Å². The Balaban J connectivity index is 1.75. The molecule has 4 heterocycles. The van der Waals surface area contributed by atoms with E-state index in [1.54, 1.807) is 6.07 Å². The second kappa shape index (κ2) is 8.00. The van der Waals surface area contributed by atoms with Gasteiger partial charge < -0.3 is 19.1 Å². The lowest BCUT2D eigenvalue weighted by atomic mass is 10.1. The number of aryl methyl sites for hydroxylation is 1. The average Bonchev–Trinajstić information content (AvgIpc) is 3.40. The van der Waals surface area contributed by atoms with Crippen LogP contribution in [0.4, 0.5) is 19.0 Å². The Morgan fingerprint density at radius 1 is 1.03 bits per heavy atom. The van der Waals surface area contributed by atoms with Gasteiger partial charge in [0.25, 0.3) is 0 Å². The maximum atomic E-state index is 13.9. The second-order valence-electron chi connectivity index (χ2n) is 8.42. The number of anilines is 1. The molecule has 2 saturated heterocycles. The Labute approximate surface area is 183 Å². The molecule has 0 amide bonds. The van der Waals surface area contributed by atoms with E-state index in [0.29, 0.717) is 42.4 Å². The van der Waals surface area contributed by atoms with E-state index in [1.165, 1.54) is 12.1 Å². The summed E-state index contributed by atoms with van der Waals surface area (Å²) < 4.78 is 49.0. The van der Waals surface area contributed by atoms with Crippen LogP contribution in [0.25, 0.3) is 22.6 Å². The molecule has 1 atom stereocenters. The molecule has 0 bridgehead atoms. The van der Waals surface area contributed by atoms with Gasteiger partial charge in [-0.2, -0.15) is 13.2 Å². The lowest BCUT2D eigenvalue weighted by Crippen LogP contribution is -2.45. The van der Waals surface area contributed by atoms with E-state index < -0.39 is 11.7 Å². The molecule has 2 aliphatic rings. The summed E-state index contributed by atoms with van der Waals surface area (Å²) >= 11 is 0. The van der Waals surface area contributed by atoms with Crippen molar-refractivity contribution in [3.8, 4) is 11.4 Å². The molecule has 1 aromatic carbocycles. The highest BCUT2D eigenvalue weighted by Gasteiger charge is 2.36. The maximum absolute atomic E-state index is 13.9. The number of halogens is 3. The predicted molar refractivity (Wildman–Crippen MR) is 115 cm³/mol. The van der Waals surface area contributed by atoms with E-state index >= 15 is 0 Å². The van der Waals surface area contributed by atoms with Gasteiger partial charge in [-0.05, 0) is 26.5 Å². The topological polar surface area (TPSA) is 59.3 Å². The Morgan fingerprint density at radius 3 is 2.47 bits per heavy atom. The molecule has 10 heteroatoms. The van der Waals surface area contributed by atoms with Crippen LogP contribution in [0.2, 0.25) is 0 Å². The third-order valence-electron chi connectivity index (χ3n) is 6.18. The Hall–Kier alpha value is -2.72. The number of aromatic nitrogens is 4. The summed E-state index contributed by atoms with van der Waals surface area (Å²) in [7, 11) is 2.07. The molecule has 5 rings (SSSR count). The fraction of sp³-hybridized carbons (Fsp3) is 0.500. The van der Waals surface area contributed by atoms with Gasteiger partial charge in [0.05, 0.1) is 18.2 Å². The minimum absolute atomic E-state index is 0.0480. The van der Waals surface area contributed by atoms with Crippen molar-refractivity contribution < 1.29 is 17.9 Å². The van der Waals surface area contributed by atoms with Gasteiger partial charge >= 0.3 is 6.18 Å². The third kappa shape index (κ3) is 3.71. The number of likely N-dealkylation sites (N-methyl/N-ethyl adjacent to an activating group) is 1. The minimum atomic E-state index is -4.49. The molecule has 3 aromatic rings. The predicted octanol–water partition coefficient (Wildman–Crippen LogP) is 3.53. The molecule has 170 valence electrons. The first kappa shape index (κ1) is 21.1. The van der Waals surface area contributed by atoms with Crippen molar-refractivity contribution in [3.63, 3.8) is 0 Å². The van der Waals surface area contributed by atoms with Crippen molar-refractivity contribution in [2.45, 2.75) is 25.6 Å². The first-order valence-corrected chi connectivity index (χ1v) is 10.8. The summed E-state index contributed by atoms with van der Waals surface area (Å²) in [6.45, 7) is 6.09. The van der Waals surface area contributed by atoms with Crippen molar-refractivity contribution in [2.75, 3.05) is 51.3 Å². The fourth-order valence-corrected chi connectivity index (χ4v) is 4.49. The number of ether oxygens (including phenoxy) is 1. The summed E-state index contributed by atoms with van der Waals surface area (Å²) in [5, 5.41) is 0. The Morgan fingerprint density at radius 2 is 1.78 bits per heavy atom. The Bertz CT molecular complexity index is 1130. The molecule has 2 aromatic heterocycles. The van der Waals surface area contributed by atoms with E-state index in [9.17, 15) is 13.2 Å². The average molecular weight is 446 g/mol. The summed E-state index contributed by atoms with van der Waals surface area (Å²) in [5.41, 5.74) is 0.445. The molecule has 1 unspecified atom stereocenters. The molecule has 2 aliphatic heterocycles. The van der Waals surface area contributed by atoms with E-state index in [1.807, 2.05) is 11.5 Å². The fourth-order valence-electron chi connectivity index (χ4n) is 4.49. The molecule has 0 saturated carbocycles. The number of piperazine rings is 1. The number of rotatable bonds is 3. The largest absolute Gasteiger partial charge is 0.417 e. The maximum Gasteiger partial charge on any atom is 0.417 e. The van der Waals surface area contributed by atoms with E-state index in [-0.39, 0.29) is 17.4 Å². The lowest BCUT2D eigenvalue weighted by Gasteiger charge is -2.33. The molecular formula is C22H25F3N6O. The highest BCUT2D eigenvalue weighted by atomic mass is 19.4. The van der Waals surface area contributed by atoms with Crippen molar-refractivity contribution >= 4 is 17.0 Å². The molecular weight excluding hydrogens is 421 g/mol. The van der Waals surface area contributed by atoms with Gasteiger partial charge in [0.1, 0.15) is 11.6 Å². The molecule has 32 heavy (non-hydrogen) atoms. The highest BCUT2D eigenvalue weighted by molar-refractivity contribution is 5.88. The van der Waals surface area contributed by atoms with E-state index in [4.69, 9.17) is 9.72 Å². The zero-order valence-electron chi connectivity index (χ0n) is 18.1. The van der Waals surface area contributed by atoms with Gasteiger partial charge in [-0.3, -0.25) is 0 Å². The van der Waals surface area contributed by atoms with Gasteiger partial charge in [0, 0.05) is 38.3 Å². The molecule has 0 radical (unpaired) electrons. The number of hydrogen-bond donors (Lipinski definition) is 0. The van der Waals surface area contributed by atoms with Gasteiger partial charge in [-0.25, -0.2) is 15.0 Å². The zero-order valence-corrected chi connectivity index (χ0v) is 18.1.